The number of hydrogen-bond donors (Lipinski definition) is 2. The highest BCUT2D eigenvalue weighted by Crippen LogP contribution is 2.19. The molecule has 2 aromatic rings. The third-order valence-corrected chi connectivity index (χ3v) is 4.86. The lowest BCUT2D eigenvalue weighted by atomic mass is 10.1. The van der Waals surface area contributed by atoms with Gasteiger partial charge in [0.05, 0.1) is 33.3 Å². The summed E-state index contributed by atoms with van der Waals surface area (Å²) in [7, 11) is 1.65. The van der Waals surface area contributed by atoms with Gasteiger partial charge >= 0.3 is 0 Å². The molecule has 0 aliphatic carbocycles. The standard InChI is InChI=1S/C19H23ClN2O2/c1-24-18-7-5-15(6-8-18)19(23)14-21-9-11-22(12-10-21)17-4-2-3-16(20)13-17/h2-8,13,19,23H,9-12,14H2,1H3/p+1/t19-/m0/s1. The minimum Gasteiger partial charge on any atom is -0.497 e. The molecule has 1 aliphatic heterocycles. The van der Waals surface area contributed by atoms with E-state index in [9.17, 15) is 5.11 Å². The largest absolute Gasteiger partial charge is 0.497 e. The van der Waals surface area contributed by atoms with E-state index < -0.39 is 6.10 Å². The molecule has 0 spiro atoms. The van der Waals surface area contributed by atoms with Crippen molar-refractivity contribution in [2.75, 3.05) is 44.7 Å². The van der Waals surface area contributed by atoms with Crippen molar-refractivity contribution in [1.82, 2.24) is 0 Å². The molecule has 4 nitrogen and oxygen atoms in total. The van der Waals surface area contributed by atoms with Crippen LogP contribution in [-0.4, -0.2) is 44.9 Å². The molecule has 1 heterocycles. The third-order valence-electron chi connectivity index (χ3n) is 4.63. The summed E-state index contributed by atoms with van der Waals surface area (Å²) in [5, 5.41) is 11.2. The van der Waals surface area contributed by atoms with Crippen LogP contribution in [0.2, 0.25) is 5.02 Å². The van der Waals surface area contributed by atoms with E-state index in [4.69, 9.17) is 16.3 Å². The van der Waals surface area contributed by atoms with Crippen LogP contribution in [0.4, 0.5) is 5.69 Å². The fourth-order valence-corrected chi connectivity index (χ4v) is 3.36. The van der Waals surface area contributed by atoms with Crippen molar-refractivity contribution in [1.29, 1.82) is 0 Å². The van der Waals surface area contributed by atoms with Crippen molar-refractivity contribution in [3.63, 3.8) is 0 Å². The Balaban J connectivity index is 1.53. The van der Waals surface area contributed by atoms with Crippen LogP contribution in [0.1, 0.15) is 11.7 Å². The topological polar surface area (TPSA) is 37.1 Å². The maximum atomic E-state index is 10.5. The van der Waals surface area contributed by atoms with Crippen LogP contribution in [0.3, 0.4) is 0 Å². The molecule has 0 aromatic heterocycles. The molecule has 0 amide bonds. The zero-order valence-corrected chi connectivity index (χ0v) is 14.7. The summed E-state index contributed by atoms with van der Waals surface area (Å²) in [4.78, 5) is 3.78. The van der Waals surface area contributed by atoms with Crippen LogP contribution < -0.4 is 14.5 Å². The molecule has 3 rings (SSSR count). The van der Waals surface area contributed by atoms with E-state index in [1.165, 1.54) is 10.6 Å². The Bertz CT molecular complexity index is 655. The van der Waals surface area contributed by atoms with Crippen LogP contribution in [0, 0.1) is 0 Å². The van der Waals surface area contributed by atoms with Gasteiger partial charge in [-0.3, -0.25) is 0 Å². The molecule has 5 heteroatoms. The first-order valence-electron chi connectivity index (χ1n) is 8.32. The molecule has 2 N–H and O–H groups in total. The summed E-state index contributed by atoms with van der Waals surface area (Å²) in [5.74, 6) is 0.813. The molecule has 1 aliphatic rings. The minimum absolute atomic E-state index is 0.441. The first kappa shape index (κ1) is 17.1. The maximum Gasteiger partial charge on any atom is 0.128 e. The van der Waals surface area contributed by atoms with Gasteiger partial charge in [-0.1, -0.05) is 29.8 Å². The van der Waals surface area contributed by atoms with Gasteiger partial charge in [-0.05, 0) is 35.9 Å². The van der Waals surface area contributed by atoms with E-state index in [0.29, 0.717) is 0 Å². The van der Waals surface area contributed by atoms with E-state index in [1.807, 2.05) is 42.5 Å². The number of ether oxygens (including phenoxy) is 1. The van der Waals surface area contributed by atoms with E-state index in [-0.39, 0.29) is 0 Å². The smallest absolute Gasteiger partial charge is 0.128 e. The van der Waals surface area contributed by atoms with Gasteiger partial charge in [0.1, 0.15) is 18.4 Å². The fraction of sp³-hybridized carbons (Fsp3) is 0.368. The average Bonchev–Trinajstić information content (AvgIpc) is 2.62. The normalized spacial score (nSPS) is 16.9. The Morgan fingerprint density at radius 1 is 1.17 bits per heavy atom. The number of hydrogen-bond acceptors (Lipinski definition) is 3. The summed E-state index contributed by atoms with van der Waals surface area (Å²) >= 11 is 6.08. The highest BCUT2D eigenvalue weighted by atomic mass is 35.5. The second kappa shape index (κ2) is 7.88. The second-order valence-corrected chi connectivity index (χ2v) is 6.65. The Hall–Kier alpha value is -1.75. The Labute approximate surface area is 148 Å². The summed E-state index contributed by atoms with van der Waals surface area (Å²) in [6.07, 6.45) is -0.441. The Kier molecular flexibility index (Phi) is 5.61. The first-order chi connectivity index (χ1) is 11.7. The molecule has 0 unspecified atom stereocenters. The Morgan fingerprint density at radius 3 is 2.50 bits per heavy atom. The van der Waals surface area contributed by atoms with Gasteiger partial charge in [0, 0.05) is 10.7 Å². The summed E-state index contributed by atoms with van der Waals surface area (Å²) < 4.78 is 5.16. The highest BCUT2D eigenvalue weighted by Gasteiger charge is 2.23. The van der Waals surface area contributed by atoms with Gasteiger partial charge in [-0.25, -0.2) is 0 Å². The van der Waals surface area contributed by atoms with E-state index in [0.717, 1.165) is 49.1 Å². The van der Waals surface area contributed by atoms with Crippen molar-refractivity contribution in [2.24, 2.45) is 0 Å². The van der Waals surface area contributed by atoms with Gasteiger partial charge in [-0.2, -0.15) is 0 Å². The highest BCUT2D eigenvalue weighted by molar-refractivity contribution is 6.30. The zero-order valence-electron chi connectivity index (χ0n) is 13.9. The van der Waals surface area contributed by atoms with Crippen LogP contribution >= 0.6 is 11.6 Å². The number of nitrogens with zero attached hydrogens (tertiary/aromatic N) is 1. The van der Waals surface area contributed by atoms with Crippen molar-refractivity contribution in [2.45, 2.75) is 6.10 Å². The summed E-state index contributed by atoms with van der Waals surface area (Å²) in [5.41, 5.74) is 2.12. The molecule has 0 bridgehead atoms. The monoisotopic (exact) mass is 347 g/mol. The number of rotatable bonds is 5. The average molecular weight is 348 g/mol. The third kappa shape index (κ3) is 4.20. The molecule has 1 fully saturated rings. The molecule has 0 radical (unpaired) electrons. The predicted molar refractivity (Wildman–Crippen MR) is 97.2 cm³/mol. The van der Waals surface area contributed by atoms with Crippen molar-refractivity contribution < 1.29 is 14.7 Å². The van der Waals surface area contributed by atoms with E-state index in [2.05, 4.69) is 11.0 Å². The fourth-order valence-electron chi connectivity index (χ4n) is 3.18. The molecule has 2 aromatic carbocycles. The molecule has 1 saturated heterocycles. The number of halogens is 1. The quantitative estimate of drug-likeness (QED) is 0.866. The van der Waals surface area contributed by atoms with Crippen molar-refractivity contribution in [3.05, 3.63) is 59.1 Å². The second-order valence-electron chi connectivity index (χ2n) is 6.21. The van der Waals surface area contributed by atoms with Crippen molar-refractivity contribution in [3.8, 4) is 5.75 Å². The zero-order chi connectivity index (χ0) is 16.9. The lowest BCUT2D eigenvalue weighted by molar-refractivity contribution is -0.904. The maximum absolute atomic E-state index is 10.5. The minimum atomic E-state index is -0.441. The molecule has 24 heavy (non-hydrogen) atoms. The number of nitrogens with one attached hydrogen (secondary N) is 1. The predicted octanol–water partition coefficient (Wildman–Crippen LogP) is 1.79. The first-order valence-corrected chi connectivity index (χ1v) is 8.69. The molecule has 128 valence electrons. The number of aliphatic hydroxyl groups is 1. The summed E-state index contributed by atoms with van der Waals surface area (Å²) in [6, 6.07) is 15.7. The summed E-state index contributed by atoms with van der Waals surface area (Å²) in [6.45, 7) is 4.71. The van der Waals surface area contributed by atoms with Gasteiger partial charge in [-0.15, -0.1) is 0 Å². The number of piperazine rings is 1. The van der Waals surface area contributed by atoms with E-state index in [1.54, 1.807) is 7.11 Å². The van der Waals surface area contributed by atoms with Crippen LogP contribution in [0.25, 0.3) is 0 Å². The van der Waals surface area contributed by atoms with Crippen molar-refractivity contribution >= 4 is 17.3 Å². The number of anilines is 1. The van der Waals surface area contributed by atoms with E-state index >= 15 is 0 Å². The lowest BCUT2D eigenvalue weighted by Crippen LogP contribution is -3.15. The molecule has 0 saturated carbocycles. The van der Waals surface area contributed by atoms with Gasteiger partial charge in [0.25, 0.3) is 0 Å². The Morgan fingerprint density at radius 2 is 1.88 bits per heavy atom. The SMILES string of the molecule is COc1ccc([C@@H](O)C[NH+]2CCN(c3cccc(Cl)c3)CC2)cc1. The van der Waals surface area contributed by atoms with Gasteiger partial charge in [0.15, 0.2) is 0 Å². The van der Waals surface area contributed by atoms with Crippen LogP contribution in [-0.2, 0) is 0 Å². The van der Waals surface area contributed by atoms with Crippen LogP contribution in [0.5, 0.6) is 5.75 Å². The molecular formula is C19H24ClN2O2+. The van der Waals surface area contributed by atoms with Gasteiger partial charge < -0.3 is 19.6 Å². The van der Waals surface area contributed by atoms with Gasteiger partial charge in [0.2, 0.25) is 0 Å². The molecular weight excluding hydrogens is 324 g/mol. The number of quaternary nitrogens is 1. The van der Waals surface area contributed by atoms with Crippen LogP contribution in [0.15, 0.2) is 48.5 Å². The number of methoxy groups -OCH3 is 1. The number of aliphatic hydroxyl groups excluding tert-OH is 1. The molecule has 1 atom stereocenters. The lowest BCUT2D eigenvalue weighted by Gasteiger charge is -2.34. The number of benzene rings is 2.